The maximum atomic E-state index is 13.8. The Kier molecular flexibility index (Phi) is 4.09. The first-order chi connectivity index (χ1) is 10.6. The van der Waals surface area contributed by atoms with Gasteiger partial charge in [0, 0.05) is 12.1 Å². The standard InChI is InChI=1S/C15H10Cl2FNO3/c16-8-2-1-3-10(18)14(8)15(20)19-11-7-13-12(6-9(11)17)21-4-5-22-13/h1-3,6-7H,4-5H2,(H,19,20). The first-order valence-corrected chi connectivity index (χ1v) is 7.16. The van der Waals surface area contributed by atoms with Crippen LogP contribution in [-0.4, -0.2) is 19.1 Å². The number of rotatable bonds is 2. The Morgan fingerprint density at radius 3 is 2.45 bits per heavy atom. The summed E-state index contributed by atoms with van der Waals surface area (Å²) in [6.07, 6.45) is 0. The van der Waals surface area contributed by atoms with Gasteiger partial charge in [-0.2, -0.15) is 0 Å². The Bertz CT molecular complexity index is 732. The molecule has 0 saturated carbocycles. The van der Waals surface area contributed by atoms with Crippen LogP contribution in [0, 0.1) is 5.82 Å². The molecule has 22 heavy (non-hydrogen) atoms. The van der Waals surface area contributed by atoms with E-state index in [1.165, 1.54) is 24.3 Å². The molecule has 0 atom stereocenters. The fourth-order valence-corrected chi connectivity index (χ4v) is 2.51. The second-order valence-electron chi connectivity index (χ2n) is 4.53. The Morgan fingerprint density at radius 1 is 1.09 bits per heavy atom. The molecule has 0 spiro atoms. The molecule has 1 heterocycles. The first-order valence-electron chi connectivity index (χ1n) is 6.41. The van der Waals surface area contributed by atoms with Gasteiger partial charge in [-0.3, -0.25) is 4.79 Å². The number of amides is 1. The molecule has 0 radical (unpaired) electrons. The van der Waals surface area contributed by atoms with Gasteiger partial charge >= 0.3 is 0 Å². The molecule has 0 saturated heterocycles. The topological polar surface area (TPSA) is 47.6 Å². The molecule has 4 nitrogen and oxygen atoms in total. The monoisotopic (exact) mass is 341 g/mol. The van der Waals surface area contributed by atoms with E-state index in [1.54, 1.807) is 0 Å². The Labute approximate surface area is 135 Å². The van der Waals surface area contributed by atoms with Gasteiger partial charge in [-0.25, -0.2) is 4.39 Å². The van der Waals surface area contributed by atoms with Gasteiger partial charge in [-0.05, 0) is 12.1 Å². The highest BCUT2D eigenvalue weighted by Gasteiger charge is 2.20. The molecule has 0 aromatic heterocycles. The van der Waals surface area contributed by atoms with Crippen LogP contribution in [0.4, 0.5) is 10.1 Å². The van der Waals surface area contributed by atoms with E-state index in [0.717, 1.165) is 6.07 Å². The summed E-state index contributed by atoms with van der Waals surface area (Å²) in [5, 5.41) is 2.80. The van der Waals surface area contributed by atoms with Crippen molar-refractivity contribution in [3.8, 4) is 11.5 Å². The largest absolute Gasteiger partial charge is 0.486 e. The molecule has 114 valence electrons. The van der Waals surface area contributed by atoms with Crippen molar-refractivity contribution in [2.75, 3.05) is 18.5 Å². The number of halogens is 3. The average molecular weight is 342 g/mol. The maximum absolute atomic E-state index is 13.8. The molecule has 2 aromatic rings. The van der Waals surface area contributed by atoms with Crippen LogP contribution in [0.2, 0.25) is 10.0 Å². The van der Waals surface area contributed by atoms with E-state index < -0.39 is 11.7 Å². The number of hydrogen-bond donors (Lipinski definition) is 1. The second kappa shape index (κ2) is 6.02. The van der Waals surface area contributed by atoms with Gasteiger partial charge in [0.2, 0.25) is 0 Å². The summed E-state index contributed by atoms with van der Waals surface area (Å²) in [5.74, 6) is -0.441. The second-order valence-corrected chi connectivity index (χ2v) is 5.34. The molecule has 0 unspecified atom stereocenters. The number of benzene rings is 2. The van der Waals surface area contributed by atoms with E-state index >= 15 is 0 Å². The maximum Gasteiger partial charge on any atom is 0.260 e. The third-order valence-corrected chi connectivity index (χ3v) is 3.70. The van der Waals surface area contributed by atoms with E-state index in [-0.39, 0.29) is 21.3 Å². The van der Waals surface area contributed by atoms with Crippen LogP contribution in [-0.2, 0) is 0 Å². The Hall–Kier alpha value is -1.98. The summed E-state index contributed by atoms with van der Waals surface area (Å²) < 4.78 is 24.6. The number of fused-ring (bicyclic) bond motifs is 1. The van der Waals surface area contributed by atoms with Gasteiger partial charge in [-0.1, -0.05) is 29.3 Å². The number of ether oxygens (including phenoxy) is 2. The number of carbonyl (C=O) groups excluding carboxylic acids is 1. The molecule has 1 aliphatic rings. The van der Waals surface area contributed by atoms with Crippen LogP contribution in [0.15, 0.2) is 30.3 Å². The summed E-state index contributed by atoms with van der Waals surface area (Å²) in [7, 11) is 0. The summed E-state index contributed by atoms with van der Waals surface area (Å²) in [5.41, 5.74) is 0.0466. The van der Waals surface area contributed by atoms with E-state index in [9.17, 15) is 9.18 Å². The number of anilines is 1. The Balaban J connectivity index is 1.91. The number of hydrogen-bond acceptors (Lipinski definition) is 3. The molecule has 3 rings (SSSR count). The molecule has 2 aromatic carbocycles. The van der Waals surface area contributed by atoms with E-state index in [0.29, 0.717) is 24.7 Å². The minimum atomic E-state index is -0.710. The van der Waals surface area contributed by atoms with Crippen molar-refractivity contribution in [2.24, 2.45) is 0 Å². The van der Waals surface area contributed by atoms with Crippen LogP contribution in [0.25, 0.3) is 0 Å². The van der Waals surface area contributed by atoms with Crippen molar-refractivity contribution in [2.45, 2.75) is 0 Å². The molecule has 7 heteroatoms. The van der Waals surface area contributed by atoms with E-state index in [2.05, 4.69) is 5.32 Å². The van der Waals surface area contributed by atoms with Crippen LogP contribution in [0.1, 0.15) is 10.4 Å². The fraction of sp³-hybridized carbons (Fsp3) is 0.133. The van der Waals surface area contributed by atoms with Crippen molar-refractivity contribution in [3.05, 3.63) is 51.8 Å². The predicted molar refractivity (Wildman–Crippen MR) is 81.8 cm³/mol. The van der Waals surface area contributed by atoms with Gasteiger partial charge < -0.3 is 14.8 Å². The number of nitrogens with one attached hydrogen (secondary N) is 1. The SMILES string of the molecule is O=C(Nc1cc2c(cc1Cl)OCCO2)c1c(F)cccc1Cl. The lowest BCUT2D eigenvalue weighted by atomic mass is 10.2. The lowest BCUT2D eigenvalue weighted by molar-refractivity contribution is 0.102. The van der Waals surface area contributed by atoms with Crippen molar-refractivity contribution in [1.29, 1.82) is 0 Å². The first kappa shape index (κ1) is 14.9. The van der Waals surface area contributed by atoms with Gasteiger partial charge in [-0.15, -0.1) is 0 Å². The Morgan fingerprint density at radius 2 is 1.77 bits per heavy atom. The molecule has 1 N–H and O–H groups in total. The molecule has 1 aliphatic heterocycles. The van der Waals surface area contributed by atoms with Gasteiger partial charge in [0.1, 0.15) is 19.0 Å². The highest BCUT2D eigenvalue weighted by Crippen LogP contribution is 2.38. The van der Waals surface area contributed by atoms with Crippen LogP contribution in [0.5, 0.6) is 11.5 Å². The van der Waals surface area contributed by atoms with Crippen molar-refractivity contribution in [3.63, 3.8) is 0 Å². The lowest BCUT2D eigenvalue weighted by Gasteiger charge is -2.20. The van der Waals surface area contributed by atoms with Crippen LogP contribution in [0.3, 0.4) is 0 Å². The van der Waals surface area contributed by atoms with Crippen molar-refractivity contribution < 1.29 is 18.7 Å². The zero-order valence-corrected chi connectivity index (χ0v) is 12.7. The number of carbonyl (C=O) groups is 1. The molecular weight excluding hydrogens is 332 g/mol. The zero-order valence-electron chi connectivity index (χ0n) is 11.2. The highest BCUT2D eigenvalue weighted by atomic mass is 35.5. The van der Waals surface area contributed by atoms with Gasteiger partial charge in [0.25, 0.3) is 5.91 Å². The molecule has 0 fully saturated rings. The van der Waals surface area contributed by atoms with Crippen LogP contribution >= 0.6 is 23.2 Å². The van der Waals surface area contributed by atoms with Crippen LogP contribution < -0.4 is 14.8 Å². The summed E-state index contributed by atoms with van der Waals surface area (Å²) in [4.78, 5) is 12.2. The third-order valence-electron chi connectivity index (χ3n) is 3.07. The van der Waals surface area contributed by atoms with E-state index in [1.807, 2.05) is 0 Å². The quantitative estimate of drug-likeness (QED) is 0.892. The predicted octanol–water partition coefficient (Wildman–Crippen LogP) is 4.16. The summed E-state index contributed by atoms with van der Waals surface area (Å²) in [6, 6.07) is 7.08. The third kappa shape index (κ3) is 2.82. The minimum absolute atomic E-state index is 0.0196. The molecule has 0 aliphatic carbocycles. The van der Waals surface area contributed by atoms with Crippen molar-refractivity contribution in [1.82, 2.24) is 0 Å². The molecular formula is C15H10Cl2FNO3. The van der Waals surface area contributed by atoms with Crippen molar-refractivity contribution >= 4 is 34.8 Å². The average Bonchev–Trinajstić information content (AvgIpc) is 2.48. The lowest BCUT2D eigenvalue weighted by Crippen LogP contribution is -2.17. The summed E-state index contributed by atoms with van der Waals surface area (Å²) >= 11 is 12.0. The zero-order chi connectivity index (χ0) is 15.7. The van der Waals surface area contributed by atoms with Gasteiger partial charge in [0.05, 0.1) is 21.3 Å². The minimum Gasteiger partial charge on any atom is -0.486 e. The van der Waals surface area contributed by atoms with E-state index in [4.69, 9.17) is 32.7 Å². The normalized spacial score (nSPS) is 12.9. The highest BCUT2D eigenvalue weighted by molar-refractivity contribution is 6.36. The smallest absolute Gasteiger partial charge is 0.260 e. The molecule has 0 bridgehead atoms. The summed E-state index contributed by atoms with van der Waals surface area (Å²) in [6.45, 7) is 0.834. The fourth-order valence-electron chi connectivity index (χ4n) is 2.06. The molecule has 1 amide bonds. The van der Waals surface area contributed by atoms with Gasteiger partial charge in [0.15, 0.2) is 11.5 Å².